The number of hydrogen-bond donors (Lipinski definition) is 2. The van der Waals surface area contributed by atoms with Gasteiger partial charge in [0.15, 0.2) is 0 Å². The molecule has 3 rings (SSSR count). The zero-order valence-corrected chi connectivity index (χ0v) is 16.3. The number of nitrogens with zero attached hydrogens (tertiary/aromatic N) is 2. The van der Waals surface area contributed by atoms with E-state index in [1.54, 1.807) is 19.1 Å². The first kappa shape index (κ1) is 20.5. The lowest BCUT2D eigenvalue weighted by molar-refractivity contribution is -0.385. The fraction of sp³-hybridized carbons (Fsp3) is 0.333. The van der Waals surface area contributed by atoms with Gasteiger partial charge in [0.1, 0.15) is 0 Å². The molecular formula is C21H24N4O4. The molecule has 0 aromatic heterocycles. The standard InChI is InChI=1S/C21H24N4O4/c1-15-18(8-5-9-19(15)25(28)29)23-20(26)14-24-12-10-16(11-13-24)21(27)22-17-6-3-2-4-7-17/h2-9,16H,10-14H2,1H3,(H,22,27)(H,23,26). The van der Waals surface area contributed by atoms with Crippen molar-refractivity contribution in [2.24, 2.45) is 5.92 Å². The Labute approximate surface area is 169 Å². The van der Waals surface area contributed by atoms with Crippen LogP contribution in [0.25, 0.3) is 0 Å². The second kappa shape index (κ2) is 9.29. The van der Waals surface area contributed by atoms with Crippen LogP contribution in [0.1, 0.15) is 18.4 Å². The van der Waals surface area contributed by atoms with Crippen LogP contribution in [-0.2, 0) is 9.59 Å². The molecule has 0 unspecified atom stereocenters. The highest BCUT2D eigenvalue weighted by atomic mass is 16.6. The fourth-order valence-electron chi connectivity index (χ4n) is 3.47. The summed E-state index contributed by atoms with van der Waals surface area (Å²) in [7, 11) is 0. The summed E-state index contributed by atoms with van der Waals surface area (Å²) in [5.74, 6) is -0.290. The number of piperidine rings is 1. The molecule has 0 atom stereocenters. The van der Waals surface area contributed by atoms with Gasteiger partial charge in [-0.2, -0.15) is 0 Å². The molecule has 29 heavy (non-hydrogen) atoms. The van der Waals surface area contributed by atoms with Gasteiger partial charge in [-0.3, -0.25) is 24.6 Å². The molecule has 0 radical (unpaired) electrons. The minimum Gasteiger partial charge on any atom is -0.326 e. The second-order valence-electron chi connectivity index (χ2n) is 7.16. The Hall–Kier alpha value is -3.26. The Morgan fingerprint density at radius 2 is 1.76 bits per heavy atom. The number of benzene rings is 2. The quantitative estimate of drug-likeness (QED) is 0.576. The molecule has 2 N–H and O–H groups in total. The van der Waals surface area contributed by atoms with Crippen molar-refractivity contribution < 1.29 is 14.5 Å². The smallest absolute Gasteiger partial charge is 0.274 e. The minimum atomic E-state index is -0.462. The van der Waals surface area contributed by atoms with E-state index in [1.165, 1.54) is 6.07 Å². The molecule has 1 fully saturated rings. The molecule has 0 bridgehead atoms. The van der Waals surface area contributed by atoms with Gasteiger partial charge in [0.25, 0.3) is 5.69 Å². The molecule has 0 spiro atoms. The Balaban J connectivity index is 1.48. The number of likely N-dealkylation sites (tertiary alicyclic amines) is 1. The van der Waals surface area contributed by atoms with Crippen molar-refractivity contribution in [2.45, 2.75) is 19.8 Å². The second-order valence-corrected chi connectivity index (χ2v) is 7.16. The number of anilines is 2. The summed E-state index contributed by atoms with van der Waals surface area (Å²) < 4.78 is 0. The third-order valence-electron chi connectivity index (χ3n) is 5.14. The highest BCUT2D eigenvalue weighted by molar-refractivity contribution is 5.94. The lowest BCUT2D eigenvalue weighted by Crippen LogP contribution is -2.41. The summed E-state index contributed by atoms with van der Waals surface area (Å²) in [4.78, 5) is 37.3. The number of rotatable bonds is 6. The van der Waals surface area contributed by atoms with E-state index >= 15 is 0 Å². The molecule has 8 nitrogen and oxygen atoms in total. The van der Waals surface area contributed by atoms with E-state index in [0.29, 0.717) is 37.2 Å². The number of carbonyl (C=O) groups is 2. The zero-order valence-electron chi connectivity index (χ0n) is 16.3. The molecule has 2 amide bonds. The van der Waals surface area contributed by atoms with Gasteiger partial charge >= 0.3 is 0 Å². The average molecular weight is 396 g/mol. The SMILES string of the molecule is Cc1c(NC(=O)CN2CCC(C(=O)Nc3ccccc3)CC2)cccc1[N+](=O)[O-]. The van der Waals surface area contributed by atoms with Crippen LogP contribution in [0.15, 0.2) is 48.5 Å². The molecular weight excluding hydrogens is 372 g/mol. The topological polar surface area (TPSA) is 105 Å². The Kier molecular flexibility index (Phi) is 6.56. The van der Waals surface area contributed by atoms with E-state index in [4.69, 9.17) is 0 Å². The van der Waals surface area contributed by atoms with E-state index < -0.39 is 4.92 Å². The Bertz CT molecular complexity index is 893. The molecule has 2 aromatic carbocycles. The zero-order chi connectivity index (χ0) is 20.8. The van der Waals surface area contributed by atoms with Gasteiger partial charge in [-0.05, 0) is 51.1 Å². The number of nitro benzene ring substituents is 1. The largest absolute Gasteiger partial charge is 0.326 e. The number of nitrogens with one attached hydrogen (secondary N) is 2. The summed E-state index contributed by atoms with van der Waals surface area (Å²) in [6.07, 6.45) is 1.36. The predicted octanol–water partition coefficient (Wildman–Crippen LogP) is 3.19. The summed E-state index contributed by atoms with van der Waals surface area (Å²) >= 11 is 0. The lowest BCUT2D eigenvalue weighted by atomic mass is 9.96. The van der Waals surface area contributed by atoms with Gasteiger partial charge in [0, 0.05) is 17.7 Å². The van der Waals surface area contributed by atoms with Crippen molar-refractivity contribution in [3.8, 4) is 0 Å². The summed E-state index contributed by atoms with van der Waals surface area (Å²) in [5.41, 5.74) is 1.64. The van der Waals surface area contributed by atoms with Gasteiger partial charge in [-0.1, -0.05) is 24.3 Å². The summed E-state index contributed by atoms with van der Waals surface area (Å²) in [5, 5.41) is 16.7. The first-order valence-electron chi connectivity index (χ1n) is 9.56. The van der Waals surface area contributed by atoms with E-state index in [-0.39, 0.29) is 30.0 Å². The molecule has 8 heteroatoms. The lowest BCUT2D eigenvalue weighted by Gasteiger charge is -2.30. The van der Waals surface area contributed by atoms with Crippen LogP contribution in [0.4, 0.5) is 17.1 Å². The van der Waals surface area contributed by atoms with Gasteiger partial charge in [0.2, 0.25) is 11.8 Å². The van der Waals surface area contributed by atoms with Crippen LogP contribution in [-0.4, -0.2) is 41.3 Å². The van der Waals surface area contributed by atoms with Crippen LogP contribution >= 0.6 is 0 Å². The number of para-hydroxylation sites is 1. The highest BCUT2D eigenvalue weighted by Crippen LogP contribution is 2.25. The van der Waals surface area contributed by atoms with Crippen molar-refractivity contribution in [1.29, 1.82) is 0 Å². The molecule has 0 saturated carbocycles. The molecule has 1 aliphatic rings. The van der Waals surface area contributed by atoms with Gasteiger partial charge in [-0.15, -0.1) is 0 Å². The maximum absolute atomic E-state index is 12.4. The van der Waals surface area contributed by atoms with Crippen LogP contribution in [0.2, 0.25) is 0 Å². The monoisotopic (exact) mass is 396 g/mol. The Morgan fingerprint density at radius 1 is 1.07 bits per heavy atom. The van der Waals surface area contributed by atoms with Crippen LogP contribution in [0, 0.1) is 23.0 Å². The van der Waals surface area contributed by atoms with Crippen molar-refractivity contribution in [1.82, 2.24) is 4.90 Å². The van der Waals surface area contributed by atoms with Crippen molar-refractivity contribution in [3.05, 3.63) is 64.2 Å². The van der Waals surface area contributed by atoms with Crippen molar-refractivity contribution in [2.75, 3.05) is 30.3 Å². The molecule has 152 valence electrons. The molecule has 2 aromatic rings. The van der Waals surface area contributed by atoms with E-state index in [0.717, 1.165) is 5.69 Å². The predicted molar refractivity (Wildman–Crippen MR) is 111 cm³/mol. The number of amides is 2. The van der Waals surface area contributed by atoms with Crippen LogP contribution in [0.3, 0.4) is 0 Å². The van der Waals surface area contributed by atoms with Gasteiger partial charge < -0.3 is 10.6 Å². The van der Waals surface area contributed by atoms with Crippen molar-refractivity contribution >= 4 is 28.9 Å². The van der Waals surface area contributed by atoms with Crippen LogP contribution in [0.5, 0.6) is 0 Å². The maximum Gasteiger partial charge on any atom is 0.274 e. The average Bonchev–Trinajstić information content (AvgIpc) is 2.70. The number of hydrogen-bond acceptors (Lipinski definition) is 5. The summed E-state index contributed by atoms with van der Waals surface area (Å²) in [6, 6.07) is 14.0. The van der Waals surface area contributed by atoms with E-state index in [1.807, 2.05) is 35.2 Å². The van der Waals surface area contributed by atoms with Gasteiger partial charge in [0.05, 0.1) is 22.7 Å². The molecule has 1 saturated heterocycles. The van der Waals surface area contributed by atoms with Crippen molar-refractivity contribution in [3.63, 3.8) is 0 Å². The van der Waals surface area contributed by atoms with Gasteiger partial charge in [-0.25, -0.2) is 0 Å². The first-order chi connectivity index (χ1) is 13.9. The number of nitro groups is 1. The highest BCUT2D eigenvalue weighted by Gasteiger charge is 2.26. The molecule has 1 aliphatic heterocycles. The molecule has 0 aliphatic carbocycles. The third kappa shape index (κ3) is 5.39. The minimum absolute atomic E-state index is 0.00696. The first-order valence-corrected chi connectivity index (χ1v) is 9.56. The molecule has 1 heterocycles. The normalized spacial score (nSPS) is 14.9. The Morgan fingerprint density at radius 3 is 2.41 bits per heavy atom. The van der Waals surface area contributed by atoms with Crippen LogP contribution < -0.4 is 10.6 Å². The number of carbonyl (C=O) groups excluding carboxylic acids is 2. The summed E-state index contributed by atoms with van der Waals surface area (Å²) in [6.45, 7) is 3.10. The van der Waals surface area contributed by atoms with E-state index in [2.05, 4.69) is 10.6 Å². The third-order valence-corrected chi connectivity index (χ3v) is 5.14. The fourth-order valence-corrected chi connectivity index (χ4v) is 3.47. The maximum atomic E-state index is 12.4. The van der Waals surface area contributed by atoms with E-state index in [9.17, 15) is 19.7 Å².